The van der Waals surface area contributed by atoms with Gasteiger partial charge in [-0.2, -0.15) is 0 Å². The molecule has 0 radical (unpaired) electrons. The highest BCUT2D eigenvalue weighted by molar-refractivity contribution is 5.91. The molecular weight excluding hydrogens is 244 g/mol. The average Bonchev–Trinajstić information content (AvgIpc) is 2.39. The Morgan fingerprint density at radius 2 is 1.84 bits per heavy atom. The lowest BCUT2D eigenvalue weighted by atomic mass is 10.1. The Labute approximate surface area is 110 Å². The van der Waals surface area contributed by atoms with Gasteiger partial charge in [0.2, 0.25) is 0 Å². The third-order valence-electron chi connectivity index (χ3n) is 2.70. The fraction of sp³-hybridized carbons (Fsp3) is 0.133. The highest BCUT2D eigenvalue weighted by Gasteiger charge is 2.12. The van der Waals surface area contributed by atoms with Gasteiger partial charge in [0.15, 0.2) is 0 Å². The summed E-state index contributed by atoms with van der Waals surface area (Å²) in [4.78, 5) is 11.1. The Bertz CT molecular complexity index is 588. The van der Waals surface area contributed by atoms with Gasteiger partial charge in [0, 0.05) is 0 Å². The summed E-state index contributed by atoms with van der Waals surface area (Å²) in [6, 6.07) is 11.8. The monoisotopic (exact) mass is 258 g/mol. The molecule has 0 atom stereocenters. The number of hydrogen-bond donors (Lipinski definition) is 2. The van der Waals surface area contributed by atoms with Crippen molar-refractivity contribution in [3.8, 4) is 11.5 Å². The Balaban J connectivity index is 2.31. The molecule has 0 saturated heterocycles. The summed E-state index contributed by atoms with van der Waals surface area (Å²) in [5.74, 6) is -0.184. The van der Waals surface area contributed by atoms with Crippen LogP contribution in [0.5, 0.6) is 11.5 Å². The van der Waals surface area contributed by atoms with Crippen LogP contribution in [0.4, 0.5) is 0 Å². The summed E-state index contributed by atoms with van der Waals surface area (Å²) in [5, 5.41) is 18.1. The van der Waals surface area contributed by atoms with E-state index < -0.39 is 5.97 Å². The zero-order chi connectivity index (χ0) is 13.8. The smallest absolute Gasteiger partial charge is 0.339 e. The number of ether oxygens (including phenoxy) is 1. The molecule has 0 saturated carbocycles. The van der Waals surface area contributed by atoms with Crippen molar-refractivity contribution in [2.45, 2.75) is 13.5 Å². The number of aryl methyl sites for hydroxylation is 1. The number of carbonyl (C=O) groups is 1. The van der Waals surface area contributed by atoms with Crippen LogP contribution in [0.1, 0.15) is 21.5 Å². The number of carboxylic acids is 1. The van der Waals surface area contributed by atoms with Gasteiger partial charge in [0.1, 0.15) is 17.1 Å². The van der Waals surface area contributed by atoms with E-state index in [0.717, 1.165) is 11.1 Å². The molecule has 0 amide bonds. The first-order valence-electron chi connectivity index (χ1n) is 5.82. The van der Waals surface area contributed by atoms with Crippen LogP contribution in [0, 0.1) is 6.92 Å². The second-order valence-corrected chi connectivity index (χ2v) is 4.21. The minimum Gasteiger partial charge on any atom is -0.478 e. The molecule has 0 aromatic heterocycles. The van der Waals surface area contributed by atoms with Crippen molar-refractivity contribution < 1.29 is 19.7 Å². The minimum absolute atomic E-state index is 0.0366. The fourth-order valence-corrected chi connectivity index (χ4v) is 1.68. The van der Waals surface area contributed by atoms with E-state index in [2.05, 4.69) is 0 Å². The average molecular weight is 258 g/mol. The third kappa shape index (κ3) is 3.11. The van der Waals surface area contributed by atoms with Crippen LogP contribution in [-0.2, 0) is 6.61 Å². The van der Waals surface area contributed by atoms with Crippen molar-refractivity contribution in [3.05, 3.63) is 59.2 Å². The summed E-state index contributed by atoms with van der Waals surface area (Å²) < 4.78 is 5.59. The summed E-state index contributed by atoms with van der Waals surface area (Å²) in [7, 11) is 0. The number of rotatable bonds is 4. The molecule has 0 unspecified atom stereocenters. The molecule has 19 heavy (non-hydrogen) atoms. The second kappa shape index (κ2) is 5.54. The quantitative estimate of drug-likeness (QED) is 0.884. The molecule has 2 aromatic carbocycles. The maximum absolute atomic E-state index is 11.1. The van der Waals surface area contributed by atoms with Crippen molar-refractivity contribution in [1.29, 1.82) is 0 Å². The molecule has 98 valence electrons. The maximum Gasteiger partial charge on any atom is 0.339 e. The largest absolute Gasteiger partial charge is 0.478 e. The number of carboxylic acid groups (broad SMARTS) is 1. The topological polar surface area (TPSA) is 66.8 Å². The van der Waals surface area contributed by atoms with Gasteiger partial charge in [-0.15, -0.1) is 0 Å². The van der Waals surface area contributed by atoms with Crippen LogP contribution in [0.15, 0.2) is 42.5 Å². The Morgan fingerprint density at radius 3 is 2.42 bits per heavy atom. The van der Waals surface area contributed by atoms with Crippen molar-refractivity contribution in [2.75, 3.05) is 0 Å². The van der Waals surface area contributed by atoms with Gasteiger partial charge >= 0.3 is 5.97 Å². The molecule has 0 aliphatic rings. The van der Waals surface area contributed by atoms with Crippen LogP contribution in [0.3, 0.4) is 0 Å². The molecule has 4 nitrogen and oxygen atoms in total. The van der Waals surface area contributed by atoms with Crippen LogP contribution in [0.25, 0.3) is 0 Å². The van der Waals surface area contributed by atoms with Crippen molar-refractivity contribution in [2.24, 2.45) is 0 Å². The molecule has 0 spiro atoms. The van der Waals surface area contributed by atoms with E-state index in [0.29, 0.717) is 11.5 Å². The van der Waals surface area contributed by atoms with Crippen molar-refractivity contribution in [1.82, 2.24) is 0 Å². The number of aromatic carboxylic acids is 1. The van der Waals surface area contributed by atoms with E-state index in [4.69, 9.17) is 14.9 Å². The predicted molar refractivity (Wildman–Crippen MR) is 70.6 cm³/mol. The summed E-state index contributed by atoms with van der Waals surface area (Å²) in [5.41, 5.74) is 1.82. The van der Waals surface area contributed by atoms with E-state index >= 15 is 0 Å². The molecule has 2 N–H and O–H groups in total. The molecule has 0 fully saturated rings. The molecule has 0 aliphatic carbocycles. The van der Waals surface area contributed by atoms with Crippen LogP contribution < -0.4 is 4.74 Å². The molecule has 2 aromatic rings. The highest BCUT2D eigenvalue weighted by Crippen LogP contribution is 2.26. The Hall–Kier alpha value is -2.33. The van der Waals surface area contributed by atoms with Crippen LogP contribution in [-0.4, -0.2) is 16.2 Å². The van der Waals surface area contributed by atoms with Gasteiger partial charge < -0.3 is 14.9 Å². The SMILES string of the molecule is Cc1ccc(C(=O)O)c(Oc2ccc(CO)cc2)c1. The Kier molecular flexibility index (Phi) is 3.82. The van der Waals surface area contributed by atoms with E-state index in [1.165, 1.54) is 6.07 Å². The first kappa shape index (κ1) is 13.1. The molecule has 0 heterocycles. The second-order valence-electron chi connectivity index (χ2n) is 4.21. The van der Waals surface area contributed by atoms with Gasteiger partial charge in [-0.25, -0.2) is 4.79 Å². The molecule has 2 rings (SSSR count). The van der Waals surface area contributed by atoms with Crippen molar-refractivity contribution in [3.63, 3.8) is 0 Å². The van der Waals surface area contributed by atoms with E-state index in [-0.39, 0.29) is 12.2 Å². The molecular formula is C15H14O4. The Morgan fingerprint density at radius 1 is 1.16 bits per heavy atom. The van der Waals surface area contributed by atoms with Gasteiger partial charge in [0.25, 0.3) is 0 Å². The number of aliphatic hydroxyl groups excluding tert-OH is 1. The maximum atomic E-state index is 11.1. The number of benzene rings is 2. The van der Waals surface area contributed by atoms with Crippen LogP contribution >= 0.6 is 0 Å². The predicted octanol–water partition coefficient (Wildman–Crippen LogP) is 2.98. The van der Waals surface area contributed by atoms with Gasteiger partial charge in [-0.05, 0) is 42.3 Å². The van der Waals surface area contributed by atoms with Gasteiger partial charge in [0.05, 0.1) is 6.61 Å². The summed E-state index contributed by atoms with van der Waals surface area (Å²) in [6.07, 6.45) is 0. The lowest BCUT2D eigenvalue weighted by molar-refractivity contribution is 0.0694. The zero-order valence-electron chi connectivity index (χ0n) is 10.5. The lowest BCUT2D eigenvalue weighted by Gasteiger charge is -2.10. The fourth-order valence-electron chi connectivity index (χ4n) is 1.68. The molecule has 4 heteroatoms. The first-order valence-corrected chi connectivity index (χ1v) is 5.82. The molecule has 0 bridgehead atoms. The number of aliphatic hydroxyl groups is 1. The lowest BCUT2D eigenvalue weighted by Crippen LogP contribution is -2.00. The summed E-state index contributed by atoms with van der Waals surface area (Å²) >= 11 is 0. The first-order chi connectivity index (χ1) is 9.10. The summed E-state index contributed by atoms with van der Waals surface area (Å²) in [6.45, 7) is 1.83. The molecule has 0 aliphatic heterocycles. The van der Waals surface area contributed by atoms with Crippen molar-refractivity contribution >= 4 is 5.97 Å². The van der Waals surface area contributed by atoms with E-state index in [1.54, 1.807) is 36.4 Å². The van der Waals surface area contributed by atoms with Gasteiger partial charge in [-0.1, -0.05) is 18.2 Å². The zero-order valence-corrected chi connectivity index (χ0v) is 10.5. The van der Waals surface area contributed by atoms with Crippen LogP contribution in [0.2, 0.25) is 0 Å². The third-order valence-corrected chi connectivity index (χ3v) is 2.70. The minimum atomic E-state index is -1.03. The highest BCUT2D eigenvalue weighted by atomic mass is 16.5. The standard InChI is InChI=1S/C15H14O4/c1-10-2-7-13(15(17)18)14(8-10)19-12-5-3-11(9-16)4-6-12/h2-8,16H,9H2,1H3,(H,17,18). The number of hydrogen-bond acceptors (Lipinski definition) is 3. The van der Waals surface area contributed by atoms with Gasteiger partial charge in [-0.3, -0.25) is 0 Å². The normalized spacial score (nSPS) is 10.2. The van der Waals surface area contributed by atoms with E-state index in [1.807, 2.05) is 6.92 Å². The van der Waals surface area contributed by atoms with E-state index in [9.17, 15) is 4.79 Å².